The summed E-state index contributed by atoms with van der Waals surface area (Å²) in [7, 11) is 1.58. The third kappa shape index (κ3) is 3.29. The quantitative estimate of drug-likeness (QED) is 0.743. The number of ketones is 1. The van der Waals surface area contributed by atoms with E-state index in [4.69, 9.17) is 16.3 Å². The van der Waals surface area contributed by atoms with Crippen LogP contribution in [0.3, 0.4) is 0 Å². The van der Waals surface area contributed by atoms with Gasteiger partial charge in [0, 0.05) is 25.2 Å². The Kier molecular flexibility index (Phi) is 4.90. The molecule has 0 aromatic heterocycles. The highest BCUT2D eigenvalue weighted by molar-refractivity contribution is 6.30. The smallest absolute Gasteiger partial charge is 0.165 e. The summed E-state index contributed by atoms with van der Waals surface area (Å²) in [4.78, 5) is 11.8. The van der Waals surface area contributed by atoms with Crippen LogP contribution in [0.5, 0.6) is 0 Å². The minimum atomic E-state index is -0.563. The Bertz CT molecular complexity index is 379. The summed E-state index contributed by atoms with van der Waals surface area (Å²) < 4.78 is 18.0. The molecule has 16 heavy (non-hydrogen) atoms. The molecule has 0 aliphatic heterocycles. The van der Waals surface area contributed by atoms with Crippen molar-refractivity contribution in [3.63, 3.8) is 0 Å². The van der Waals surface area contributed by atoms with Crippen molar-refractivity contribution >= 4 is 17.4 Å². The van der Waals surface area contributed by atoms with Crippen LogP contribution in [0.1, 0.15) is 23.7 Å². The van der Waals surface area contributed by atoms with Gasteiger partial charge in [0.05, 0.1) is 5.02 Å². The first-order valence-corrected chi connectivity index (χ1v) is 5.42. The molecule has 1 atom stereocenters. The molecule has 0 amide bonds. The first-order chi connectivity index (χ1) is 7.56. The standard InChI is InChI=1S/C12H14ClFO2/c1-8(5-6-16-2)12(15)9-3-4-10(13)11(14)7-9/h3-4,7-8H,5-6H2,1-2H3. The molecule has 1 unspecified atom stereocenters. The predicted molar refractivity (Wildman–Crippen MR) is 61.4 cm³/mol. The summed E-state index contributed by atoms with van der Waals surface area (Å²) in [6.07, 6.45) is 0.625. The number of halogens is 2. The number of hydrogen-bond acceptors (Lipinski definition) is 2. The normalized spacial score (nSPS) is 12.5. The summed E-state index contributed by atoms with van der Waals surface area (Å²) in [5.74, 6) is -0.834. The van der Waals surface area contributed by atoms with E-state index in [-0.39, 0.29) is 16.7 Å². The maximum Gasteiger partial charge on any atom is 0.165 e. The number of ether oxygens (including phenoxy) is 1. The summed E-state index contributed by atoms with van der Waals surface area (Å²) in [5.41, 5.74) is 0.352. The lowest BCUT2D eigenvalue weighted by Crippen LogP contribution is -2.13. The van der Waals surface area contributed by atoms with Crippen molar-refractivity contribution < 1.29 is 13.9 Å². The van der Waals surface area contributed by atoms with E-state index in [0.717, 1.165) is 0 Å². The van der Waals surface area contributed by atoms with Gasteiger partial charge in [-0.25, -0.2) is 4.39 Å². The zero-order valence-electron chi connectivity index (χ0n) is 9.30. The van der Waals surface area contributed by atoms with Crippen LogP contribution in [-0.4, -0.2) is 19.5 Å². The van der Waals surface area contributed by atoms with Crippen molar-refractivity contribution in [3.8, 4) is 0 Å². The monoisotopic (exact) mass is 244 g/mol. The predicted octanol–water partition coefficient (Wildman–Crippen LogP) is 3.33. The van der Waals surface area contributed by atoms with Crippen LogP contribution in [0.25, 0.3) is 0 Å². The first kappa shape index (κ1) is 13.1. The average molecular weight is 245 g/mol. The van der Waals surface area contributed by atoms with Gasteiger partial charge < -0.3 is 4.74 Å². The van der Waals surface area contributed by atoms with Crippen molar-refractivity contribution in [2.24, 2.45) is 5.92 Å². The van der Waals surface area contributed by atoms with Gasteiger partial charge >= 0.3 is 0 Å². The molecule has 0 spiro atoms. The van der Waals surface area contributed by atoms with Crippen LogP contribution in [0, 0.1) is 11.7 Å². The number of carbonyl (C=O) groups is 1. The van der Waals surface area contributed by atoms with E-state index in [2.05, 4.69) is 0 Å². The summed E-state index contributed by atoms with van der Waals surface area (Å²) in [6, 6.07) is 4.11. The number of methoxy groups -OCH3 is 1. The van der Waals surface area contributed by atoms with Gasteiger partial charge in [-0.1, -0.05) is 18.5 Å². The SMILES string of the molecule is COCCC(C)C(=O)c1ccc(Cl)c(F)c1. The Morgan fingerprint density at radius 1 is 1.56 bits per heavy atom. The lowest BCUT2D eigenvalue weighted by atomic mass is 9.97. The summed E-state index contributed by atoms with van der Waals surface area (Å²) in [6.45, 7) is 2.32. The molecule has 2 nitrogen and oxygen atoms in total. The van der Waals surface area contributed by atoms with Crippen LogP contribution in [0.15, 0.2) is 18.2 Å². The summed E-state index contributed by atoms with van der Waals surface area (Å²) in [5, 5.41) is 0.0288. The fourth-order valence-electron chi connectivity index (χ4n) is 1.36. The molecule has 0 heterocycles. The fourth-order valence-corrected chi connectivity index (χ4v) is 1.48. The zero-order chi connectivity index (χ0) is 12.1. The zero-order valence-corrected chi connectivity index (χ0v) is 10.1. The van der Waals surface area contributed by atoms with E-state index >= 15 is 0 Å². The molecule has 4 heteroatoms. The van der Waals surface area contributed by atoms with Crippen molar-refractivity contribution in [1.29, 1.82) is 0 Å². The highest BCUT2D eigenvalue weighted by Gasteiger charge is 2.16. The molecule has 0 aliphatic rings. The van der Waals surface area contributed by atoms with E-state index in [0.29, 0.717) is 18.6 Å². The maximum absolute atomic E-state index is 13.1. The molecule has 1 aromatic rings. The van der Waals surface area contributed by atoms with Gasteiger partial charge in [0.15, 0.2) is 5.78 Å². The second kappa shape index (κ2) is 5.97. The first-order valence-electron chi connectivity index (χ1n) is 5.04. The van der Waals surface area contributed by atoms with Crippen LogP contribution >= 0.6 is 11.6 Å². The molecule has 88 valence electrons. The van der Waals surface area contributed by atoms with Gasteiger partial charge in [0.25, 0.3) is 0 Å². The highest BCUT2D eigenvalue weighted by atomic mass is 35.5. The van der Waals surface area contributed by atoms with Crippen molar-refractivity contribution in [2.45, 2.75) is 13.3 Å². The summed E-state index contributed by atoms with van der Waals surface area (Å²) >= 11 is 5.54. The van der Waals surface area contributed by atoms with E-state index < -0.39 is 5.82 Å². The molecule has 0 saturated heterocycles. The molecule has 0 bridgehead atoms. The second-order valence-corrected chi connectivity index (χ2v) is 4.08. The highest BCUT2D eigenvalue weighted by Crippen LogP contribution is 2.18. The fraction of sp³-hybridized carbons (Fsp3) is 0.417. The van der Waals surface area contributed by atoms with Crippen molar-refractivity contribution in [2.75, 3.05) is 13.7 Å². The average Bonchev–Trinajstić information content (AvgIpc) is 2.28. The van der Waals surface area contributed by atoms with Gasteiger partial charge in [-0.05, 0) is 24.6 Å². The Morgan fingerprint density at radius 3 is 2.81 bits per heavy atom. The molecule has 0 aliphatic carbocycles. The van der Waals surface area contributed by atoms with E-state index in [1.165, 1.54) is 18.2 Å². The largest absolute Gasteiger partial charge is 0.385 e. The van der Waals surface area contributed by atoms with Crippen LogP contribution in [0.2, 0.25) is 5.02 Å². The Labute approximate surface area is 99.4 Å². The minimum absolute atomic E-state index is 0.0288. The van der Waals surface area contributed by atoms with Gasteiger partial charge in [0.2, 0.25) is 0 Å². The third-order valence-corrected chi connectivity index (χ3v) is 2.71. The number of Topliss-reactive ketones (excluding diaryl/α,β-unsaturated/α-hetero) is 1. The van der Waals surface area contributed by atoms with Crippen LogP contribution < -0.4 is 0 Å². The van der Waals surface area contributed by atoms with Gasteiger partial charge in [0.1, 0.15) is 5.82 Å². The lowest BCUT2D eigenvalue weighted by Gasteiger charge is -2.09. The molecule has 0 radical (unpaired) electrons. The molecule has 0 N–H and O–H groups in total. The van der Waals surface area contributed by atoms with Crippen LogP contribution in [-0.2, 0) is 4.74 Å². The number of rotatable bonds is 5. The number of benzene rings is 1. The van der Waals surface area contributed by atoms with Crippen molar-refractivity contribution in [1.82, 2.24) is 0 Å². The Hall–Kier alpha value is -0.930. The van der Waals surface area contributed by atoms with E-state index in [1.807, 2.05) is 0 Å². The Balaban J connectivity index is 2.76. The van der Waals surface area contributed by atoms with Crippen LogP contribution in [0.4, 0.5) is 4.39 Å². The molecule has 0 saturated carbocycles. The third-order valence-electron chi connectivity index (χ3n) is 2.41. The number of hydrogen-bond donors (Lipinski definition) is 0. The lowest BCUT2D eigenvalue weighted by molar-refractivity contribution is 0.0893. The molecule has 0 fully saturated rings. The van der Waals surface area contributed by atoms with Gasteiger partial charge in [-0.2, -0.15) is 0 Å². The van der Waals surface area contributed by atoms with Gasteiger partial charge in [-0.15, -0.1) is 0 Å². The number of carbonyl (C=O) groups excluding carboxylic acids is 1. The van der Waals surface area contributed by atoms with E-state index in [9.17, 15) is 9.18 Å². The van der Waals surface area contributed by atoms with Crippen molar-refractivity contribution in [3.05, 3.63) is 34.6 Å². The maximum atomic E-state index is 13.1. The topological polar surface area (TPSA) is 26.3 Å². The second-order valence-electron chi connectivity index (χ2n) is 3.68. The molecule has 1 rings (SSSR count). The van der Waals surface area contributed by atoms with Gasteiger partial charge in [-0.3, -0.25) is 4.79 Å². The Morgan fingerprint density at radius 2 is 2.25 bits per heavy atom. The molecular formula is C12H14ClFO2. The van der Waals surface area contributed by atoms with E-state index in [1.54, 1.807) is 14.0 Å². The molecule has 1 aromatic carbocycles. The molecular weight excluding hydrogens is 231 g/mol. The minimum Gasteiger partial charge on any atom is -0.385 e.